The van der Waals surface area contributed by atoms with Gasteiger partial charge in [-0.05, 0) is 33.1 Å². The second-order valence-corrected chi connectivity index (χ2v) is 5.83. The van der Waals surface area contributed by atoms with Gasteiger partial charge < -0.3 is 16.0 Å². The number of carbonyl (C=O) groups is 1. The molecule has 0 heterocycles. The highest BCUT2D eigenvalue weighted by atomic mass is 16.2. The number of amides is 1. The van der Waals surface area contributed by atoms with Crippen LogP contribution in [0, 0.1) is 5.92 Å². The van der Waals surface area contributed by atoms with E-state index in [0.717, 1.165) is 13.0 Å². The fraction of sp³-hybridized carbons (Fsp3) is 0.846. The zero-order valence-electron chi connectivity index (χ0n) is 12.6. The van der Waals surface area contributed by atoms with Crippen LogP contribution >= 0.6 is 0 Å². The molecule has 18 heavy (non-hydrogen) atoms. The molecule has 0 aromatic carbocycles. The van der Waals surface area contributed by atoms with E-state index in [-0.39, 0.29) is 18.0 Å². The van der Waals surface area contributed by atoms with Crippen LogP contribution < -0.4 is 16.0 Å². The molecule has 5 heteroatoms. The molecule has 5 nitrogen and oxygen atoms in total. The average molecular weight is 256 g/mol. The highest BCUT2D eigenvalue weighted by molar-refractivity contribution is 5.86. The lowest BCUT2D eigenvalue weighted by Crippen LogP contribution is -2.48. The maximum Gasteiger partial charge on any atom is 0.239 e. The van der Waals surface area contributed by atoms with E-state index in [1.165, 1.54) is 0 Å². The van der Waals surface area contributed by atoms with Gasteiger partial charge in [0.05, 0.1) is 6.54 Å². The zero-order chi connectivity index (χ0) is 14.2. The monoisotopic (exact) mass is 256 g/mol. The molecular formula is C13H28N4O. The first-order valence-corrected chi connectivity index (χ1v) is 6.50. The molecule has 0 bridgehead atoms. The van der Waals surface area contributed by atoms with Gasteiger partial charge in [0.25, 0.3) is 0 Å². The summed E-state index contributed by atoms with van der Waals surface area (Å²) in [6.07, 6.45) is 1.08. The van der Waals surface area contributed by atoms with Crippen molar-refractivity contribution < 1.29 is 4.79 Å². The van der Waals surface area contributed by atoms with Gasteiger partial charge in [0.15, 0.2) is 5.96 Å². The number of nitrogens with zero attached hydrogens (tertiary/aromatic N) is 1. The first-order valence-electron chi connectivity index (χ1n) is 6.50. The van der Waals surface area contributed by atoms with Crippen LogP contribution in [0.5, 0.6) is 0 Å². The molecule has 0 aliphatic carbocycles. The Morgan fingerprint density at radius 1 is 1.22 bits per heavy atom. The molecule has 106 valence electrons. The Morgan fingerprint density at radius 2 is 1.83 bits per heavy atom. The van der Waals surface area contributed by atoms with Gasteiger partial charge in [0.1, 0.15) is 0 Å². The number of rotatable bonds is 5. The van der Waals surface area contributed by atoms with Crippen LogP contribution in [0.25, 0.3) is 0 Å². The maximum atomic E-state index is 11.6. The highest BCUT2D eigenvalue weighted by Crippen LogP contribution is 1.97. The molecule has 0 aliphatic heterocycles. The van der Waals surface area contributed by atoms with Crippen molar-refractivity contribution in [2.24, 2.45) is 10.9 Å². The Labute approximate surface area is 111 Å². The van der Waals surface area contributed by atoms with Crippen molar-refractivity contribution >= 4 is 11.9 Å². The predicted molar refractivity (Wildman–Crippen MR) is 76.7 cm³/mol. The van der Waals surface area contributed by atoms with Gasteiger partial charge in [-0.3, -0.25) is 9.79 Å². The third kappa shape index (κ3) is 9.93. The lowest BCUT2D eigenvalue weighted by atomic mass is 10.1. The van der Waals surface area contributed by atoms with E-state index in [1.807, 2.05) is 20.8 Å². The van der Waals surface area contributed by atoms with Crippen molar-refractivity contribution in [3.05, 3.63) is 0 Å². The number of hydrogen-bond donors (Lipinski definition) is 3. The molecule has 3 N–H and O–H groups in total. The molecule has 0 saturated heterocycles. The van der Waals surface area contributed by atoms with E-state index < -0.39 is 0 Å². The van der Waals surface area contributed by atoms with E-state index in [1.54, 1.807) is 7.05 Å². The van der Waals surface area contributed by atoms with Gasteiger partial charge in [-0.2, -0.15) is 0 Å². The summed E-state index contributed by atoms with van der Waals surface area (Å²) in [7, 11) is 1.70. The summed E-state index contributed by atoms with van der Waals surface area (Å²) in [5, 5.41) is 9.06. The third-order valence-electron chi connectivity index (χ3n) is 2.17. The van der Waals surface area contributed by atoms with Crippen LogP contribution in [0.4, 0.5) is 0 Å². The largest absolute Gasteiger partial charge is 0.356 e. The summed E-state index contributed by atoms with van der Waals surface area (Å²) in [6, 6.07) is 0. The van der Waals surface area contributed by atoms with Crippen molar-refractivity contribution in [1.82, 2.24) is 16.0 Å². The van der Waals surface area contributed by atoms with E-state index >= 15 is 0 Å². The van der Waals surface area contributed by atoms with Crippen molar-refractivity contribution in [3.63, 3.8) is 0 Å². The number of aliphatic imine (C=N–C) groups is 1. The summed E-state index contributed by atoms with van der Waals surface area (Å²) >= 11 is 0. The van der Waals surface area contributed by atoms with Crippen molar-refractivity contribution in [2.75, 3.05) is 20.1 Å². The maximum absolute atomic E-state index is 11.6. The summed E-state index contributed by atoms with van der Waals surface area (Å²) in [6.45, 7) is 11.3. The summed E-state index contributed by atoms with van der Waals surface area (Å²) < 4.78 is 0. The molecule has 0 unspecified atom stereocenters. The van der Waals surface area contributed by atoms with Crippen LogP contribution in [-0.4, -0.2) is 37.5 Å². The quantitative estimate of drug-likeness (QED) is 0.510. The molecule has 0 aromatic rings. The van der Waals surface area contributed by atoms with Gasteiger partial charge in [-0.25, -0.2) is 0 Å². The number of guanidine groups is 1. The molecular weight excluding hydrogens is 228 g/mol. The molecule has 0 saturated carbocycles. The number of carbonyl (C=O) groups excluding carboxylic acids is 1. The van der Waals surface area contributed by atoms with Crippen LogP contribution in [0.15, 0.2) is 4.99 Å². The van der Waals surface area contributed by atoms with E-state index in [2.05, 4.69) is 34.8 Å². The van der Waals surface area contributed by atoms with Gasteiger partial charge in [-0.1, -0.05) is 13.8 Å². The normalized spacial score (nSPS) is 12.5. The van der Waals surface area contributed by atoms with Crippen molar-refractivity contribution in [2.45, 2.75) is 46.6 Å². The second kappa shape index (κ2) is 7.95. The van der Waals surface area contributed by atoms with Gasteiger partial charge >= 0.3 is 0 Å². The van der Waals surface area contributed by atoms with Crippen molar-refractivity contribution in [3.8, 4) is 0 Å². The molecule has 0 atom stereocenters. The topological polar surface area (TPSA) is 65.5 Å². The fourth-order valence-electron chi connectivity index (χ4n) is 1.33. The van der Waals surface area contributed by atoms with E-state index in [9.17, 15) is 4.79 Å². The molecule has 0 rings (SSSR count). The minimum atomic E-state index is -0.201. The van der Waals surface area contributed by atoms with Crippen LogP contribution in [-0.2, 0) is 4.79 Å². The first kappa shape index (κ1) is 16.7. The average Bonchev–Trinajstić information content (AvgIpc) is 2.20. The minimum Gasteiger partial charge on any atom is -0.356 e. The molecule has 0 aliphatic rings. The first-order chi connectivity index (χ1) is 8.24. The highest BCUT2D eigenvalue weighted by Gasteiger charge is 2.13. The summed E-state index contributed by atoms with van der Waals surface area (Å²) in [4.78, 5) is 15.7. The number of hydrogen-bond acceptors (Lipinski definition) is 2. The predicted octanol–water partition coefficient (Wildman–Crippen LogP) is 1.11. The van der Waals surface area contributed by atoms with Gasteiger partial charge in [0.2, 0.25) is 5.91 Å². The molecule has 0 fully saturated rings. The minimum absolute atomic E-state index is 0.0330. The Bertz CT molecular complexity index is 279. The second-order valence-electron chi connectivity index (χ2n) is 5.83. The third-order valence-corrected chi connectivity index (χ3v) is 2.17. The number of nitrogens with one attached hydrogen (secondary N) is 3. The standard InChI is InChI=1S/C13H28N4O/c1-10(2)7-8-15-12(14-6)16-9-11(18)17-13(3,4)5/h10H,7-9H2,1-6H3,(H,17,18)(H2,14,15,16). The SMILES string of the molecule is CN=C(NCCC(C)C)NCC(=O)NC(C)(C)C. The lowest BCUT2D eigenvalue weighted by Gasteiger charge is -2.21. The van der Waals surface area contributed by atoms with Crippen LogP contribution in [0.1, 0.15) is 41.0 Å². The Balaban J connectivity index is 3.91. The lowest BCUT2D eigenvalue weighted by molar-refractivity contribution is -0.121. The van der Waals surface area contributed by atoms with Crippen LogP contribution in [0.2, 0.25) is 0 Å². The smallest absolute Gasteiger partial charge is 0.239 e. The summed E-state index contributed by atoms with van der Waals surface area (Å²) in [5.74, 6) is 1.29. The molecule has 1 amide bonds. The van der Waals surface area contributed by atoms with E-state index in [0.29, 0.717) is 11.9 Å². The van der Waals surface area contributed by atoms with E-state index in [4.69, 9.17) is 0 Å². The van der Waals surface area contributed by atoms with Gasteiger partial charge in [-0.15, -0.1) is 0 Å². The summed E-state index contributed by atoms with van der Waals surface area (Å²) in [5.41, 5.74) is -0.201. The molecule has 0 aromatic heterocycles. The fourth-order valence-corrected chi connectivity index (χ4v) is 1.33. The Kier molecular flexibility index (Phi) is 7.39. The molecule has 0 spiro atoms. The van der Waals surface area contributed by atoms with Crippen molar-refractivity contribution in [1.29, 1.82) is 0 Å². The Hall–Kier alpha value is -1.26. The van der Waals surface area contributed by atoms with Gasteiger partial charge in [0, 0.05) is 19.1 Å². The van der Waals surface area contributed by atoms with Crippen LogP contribution in [0.3, 0.4) is 0 Å². The Morgan fingerprint density at radius 3 is 2.28 bits per heavy atom. The molecule has 0 radical (unpaired) electrons. The zero-order valence-corrected chi connectivity index (χ0v) is 12.6.